The van der Waals surface area contributed by atoms with Gasteiger partial charge in [0, 0.05) is 6.07 Å². The highest BCUT2D eigenvalue weighted by atomic mass is 32.2. The van der Waals surface area contributed by atoms with Gasteiger partial charge in [-0.25, -0.2) is 13.1 Å². The Bertz CT molecular complexity index is 631. The number of benzene rings is 1. The lowest BCUT2D eigenvalue weighted by molar-refractivity contribution is -0.115. The molecule has 0 unspecified atom stereocenters. The van der Waals surface area contributed by atoms with E-state index in [0.29, 0.717) is 17.1 Å². The fourth-order valence-electron chi connectivity index (χ4n) is 1.61. The van der Waals surface area contributed by atoms with Gasteiger partial charge >= 0.3 is 0 Å². The summed E-state index contributed by atoms with van der Waals surface area (Å²) >= 11 is 0. The summed E-state index contributed by atoms with van der Waals surface area (Å²) in [6, 6.07) is 4.79. The Morgan fingerprint density at radius 1 is 1.35 bits per heavy atom. The average molecular weight is 345 g/mol. The van der Waals surface area contributed by atoms with Crippen molar-refractivity contribution in [3.63, 3.8) is 0 Å². The third-order valence-corrected chi connectivity index (χ3v) is 4.08. The van der Waals surface area contributed by atoms with Crippen LogP contribution in [0.25, 0.3) is 0 Å². The summed E-state index contributed by atoms with van der Waals surface area (Å²) in [5.41, 5.74) is 6.46. The molecule has 0 heterocycles. The van der Waals surface area contributed by atoms with Crippen molar-refractivity contribution in [2.24, 2.45) is 0 Å². The predicted molar refractivity (Wildman–Crippen MR) is 88.9 cm³/mol. The minimum atomic E-state index is -3.58. The van der Waals surface area contributed by atoms with Crippen molar-refractivity contribution in [2.75, 3.05) is 37.1 Å². The van der Waals surface area contributed by atoms with Crippen molar-refractivity contribution in [1.29, 1.82) is 0 Å². The Hall–Kier alpha value is -1.84. The van der Waals surface area contributed by atoms with Crippen LogP contribution in [-0.2, 0) is 19.6 Å². The van der Waals surface area contributed by atoms with Crippen LogP contribution >= 0.6 is 0 Å². The SMILES string of the molecule is COc1ccc(N)c(NC(=O)CNS(=O)(=O)CCOC(C)C)c1. The van der Waals surface area contributed by atoms with Crippen LogP contribution in [-0.4, -0.2) is 46.4 Å². The zero-order chi connectivity index (χ0) is 17.5. The molecule has 1 aromatic rings. The van der Waals surface area contributed by atoms with E-state index in [2.05, 4.69) is 10.0 Å². The molecule has 9 heteroatoms. The zero-order valence-electron chi connectivity index (χ0n) is 13.5. The third-order valence-electron chi connectivity index (χ3n) is 2.79. The molecular weight excluding hydrogens is 322 g/mol. The molecule has 1 rings (SSSR count). The van der Waals surface area contributed by atoms with Crippen LogP contribution in [0.5, 0.6) is 5.75 Å². The van der Waals surface area contributed by atoms with E-state index in [1.54, 1.807) is 18.2 Å². The van der Waals surface area contributed by atoms with E-state index in [1.165, 1.54) is 7.11 Å². The van der Waals surface area contributed by atoms with Crippen LogP contribution in [0.15, 0.2) is 18.2 Å². The van der Waals surface area contributed by atoms with Gasteiger partial charge < -0.3 is 20.5 Å². The molecule has 0 aliphatic rings. The van der Waals surface area contributed by atoms with Gasteiger partial charge in [0.25, 0.3) is 0 Å². The first-order chi connectivity index (χ1) is 10.7. The third kappa shape index (κ3) is 7.31. The number of hydrogen-bond donors (Lipinski definition) is 3. The molecule has 0 radical (unpaired) electrons. The summed E-state index contributed by atoms with van der Waals surface area (Å²) in [6.45, 7) is 3.30. The van der Waals surface area contributed by atoms with Crippen molar-refractivity contribution >= 4 is 27.3 Å². The highest BCUT2D eigenvalue weighted by Crippen LogP contribution is 2.24. The summed E-state index contributed by atoms with van der Waals surface area (Å²) < 4.78 is 35.9. The molecule has 0 atom stereocenters. The highest BCUT2D eigenvalue weighted by Gasteiger charge is 2.14. The summed E-state index contributed by atoms with van der Waals surface area (Å²) in [7, 11) is -2.09. The van der Waals surface area contributed by atoms with Crippen LogP contribution in [0.3, 0.4) is 0 Å². The fourth-order valence-corrected chi connectivity index (χ4v) is 2.42. The molecule has 0 aliphatic heterocycles. The van der Waals surface area contributed by atoms with E-state index in [-0.39, 0.29) is 25.0 Å². The van der Waals surface area contributed by atoms with Gasteiger partial charge in [-0.15, -0.1) is 0 Å². The van der Waals surface area contributed by atoms with Gasteiger partial charge in [0.2, 0.25) is 15.9 Å². The molecule has 0 aromatic heterocycles. The molecule has 0 saturated carbocycles. The Labute approximate surface area is 136 Å². The summed E-state index contributed by atoms with van der Waals surface area (Å²) in [4.78, 5) is 11.8. The smallest absolute Gasteiger partial charge is 0.239 e. The van der Waals surface area contributed by atoms with Gasteiger partial charge in [0.05, 0.1) is 43.5 Å². The minimum absolute atomic E-state index is 0.0514. The quantitative estimate of drug-likeness (QED) is 0.563. The lowest BCUT2D eigenvalue weighted by Crippen LogP contribution is -2.35. The molecule has 23 heavy (non-hydrogen) atoms. The van der Waals surface area contributed by atoms with Crippen LogP contribution in [0.1, 0.15) is 13.8 Å². The first-order valence-electron chi connectivity index (χ1n) is 7.06. The average Bonchev–Trinajstić information content (AvgIpc) is 2.47. The van der Waals surface area contributed by atoms with Gasteiger partial charge in [0.1, 0.15) is 5.75 Å². The van der Waals surface area contributed by atoms with Gasteiger partial charge in [-0.2, -0.15) is 0 Å². The molecule has 130 valence electrons. The van der Waals surface area contributed by atoms with Crippen LogP contribution in [0.2, 0.25) is 0 Å². The lowest BCUT2D eigenvalue weighted by atomic mass is 10.2. The number of carbonyl (C=O) groups excluding carboxylic acids is 1. The fraction of sp³-hybridized carbons (Fsp3) is 0.500. The van der Waals surface area contributed by atoms with E-state index < -0.39 is 15.9 Å². The maximum absolute atomic E-state index is 11.8. The first-order valence-corrected chi connectivity index (χ1v) is 8.71. The molecule has 0 aliphatic carbocycles. The van der Waals surface area contributed by atoms with E-state index in [1.807, 2.05) is 13.8 Å². The number of methoxy groups -OCH3 is 1. The van der Waals surface area contributed by atoms with Crippen molar-refractivity contribution in [2.45, 2.75) is 20.0 Å². The summed E-state index contributed by atoms with van der Waals surface area (Å²) in [6.07, 6.45) is -0.0514. The molecule has 0 spiro atoms. The Kier molecular flexibility index (Phi) is 7.27. The molecule has 0 bridgehead atoms. The number of rotatable bonds is 9. The maximum Gasteiger partial charge on any atom is 0.239 e. The van der Waals surface area contributed by atoms with Crippen LogP contribution in [0.4, 0.5) is 11.4 Å². The van der Waals surface area contributed by atoms with Gasteiger partial charge in [0.15, 0.2) is 0 Å². The van der Waals surface area contributed by atoms with Crippen LogP contribution < -0.4 is 20.5 Å². The van der Waals surface area contributed by atoms with E-state index >= 15 is 0 Å². The maximum atomic E-state index is 11.8. The largest absolute Gasteiger partial charge is 0.497 e. The van der Waals surface area contributed by atoms with Gasteiger partial charge in [-0.1, -0.05) is 0 Å². The normalized spacial score (nSPS) is 11.5. The molecule has 8 nitrogen and oxygen atoms in total. The van der Waals surface area contributed by atoms with Crippen LogP contribution in [0, 0.1) is 0 Å². The molecule has 4 N–H and O–H groups in total. The standard InChI is InChI=1S/C14H23N3O5S/c1-10(2)22-6-7-23(19,20)16-9-14(18)17-13-8-11(21-3)4-5-12(13)15/h4-5,8,10,16H,6-7,9,15H2,1-3H3,(H,17,18). The number of sulfonamides is 1. The predicted octanol–water partition coefficient (Wildman–Crippen LogP) is 0.560. The number of ether oxygens (including phenoxy) is 2. The molecule has 0 fully saturated rings. The van der Waals surface area contributed by atoms with E-state index in [9.17, 15) is 13.2 Å². The van der Waals surface area contributed by atoms with Crippen molar-refractivity contribution in [1.82, 2.24) is 4.72 Å². The number of amides is 1. The number of nitrogens with one attached hydrogen (secondary N) is 2. The van der Waals surface area contributed by atoms with E-state index in [4.69, 9.17) is 15.2 Å². The number of carbonyl (C=O) groups is 1. The molecule has 1 aromatic carbocycles. The molecule has 1 amide bonds. The zero-order valence-corrected chi connectivity index (χ0v) is 14.3. The second-order valence-electron chi connectivity index (χ2n) is 5.06. The van der Waals surface area contributed by atoms with Crippen molar-refractivity contribution < 1.29 is 22.7 Å². The monoisotopic (exact) mass is 345 g/mol. The number of hydrogen-bond acceptors (Lipinski definition) is 6. The van der Waals surface area contributed by atoms with Gasteiger partial charge in [-0.05, 0) is 26.0 Å². The van der Waals surface area contributed by atoms with Gasteiger partial charge in [-0.3, -0.25) is 4.79 Å². The Morgan fingerprint density at radius 2 is 2.04 bits per heavy atom. The topological polar surface area (TPSA) is 120 Å². The Morgan fingerprint density at radius 3 is 2.65 bits per heavy atom. The minimum Gasteiger partial charge on any atom is -0.497 e. The number of nitrogens with two attached hydrogens (primary N) is 1. The second-order valence-corrected chi connectivity index (χ2v) is 6.99. The lowest BCUT2D eigenvalue weighted by Gasteiger charge is -2.11. The molecule has 0 saturated heterocycles. The Balaban J connectivity index is 2.51. The number of nitrogen functional groups attached to an aromatic ring is 1. The second kappa shape index (κ2) is 8.70. The summed E-state index contributed by atoms with van der Waals surface area (Å²) in [5, 5.41) is 2.53. The summed E-state index contributed by atoms with van der Waals surface area (Å²) in [5.74, 6) is -0.209. The highest BCUT2D eigenvalue weighted by molar-refractivity contribution is 7.89. The van der Waals surface area contributed by atoms with E-state index in [0.717, 1.165) is 0 Å². The molecular formula is C14H23N3O5S. The first kappa shape index (κ1) is 19.2. The van der Waals surface area contributed by atoms with Crippen molar-refractivity contribution in [3.05, 3.63) is 18.2 Å². The number of anilines is 2. The van der Waals surface area contributed by atoms with Crippen molar-refractivity contribution in [3.8, 4) is 5.75 Å².